The molecule has 2 rings (SSSR count). The average Bonchev–Trinajstić information content (AvgIpc) is 2.46. The molecule has 2 N–H and O–H groups in total. The molecule has 2 aromatic rings. The van der Waals surface area contributed by atoms with Crippen LogP contribution in [0.5, 0.6) is 5.75 Å². The van der Waals surface area contributed by atoms with E-state index in [1.54, 1.807) is 30.3 Å². The maximum atomic E-state index is 11.3. The standard InChI is InChI=1S/C14H14N2O3/c1-18-12-8-7-11(16-13(12)15)9-3-5-10(6-4-9)14(17)19-2/h3-8H,1-2H3,(H2,15,16). The number of ether oxygens (including phenoxy) is 2. The summed E-state index contributed by atoms with van der Waals surface area (Å²) in [4.78, 5) is 15.6. The minimum Gasteiger partial charge on any atom is -0.493 e. The molecule has 0 aliphatic heterocycles. The lowest BCUT2D eigenvalue weighted by Gasteiger charge is -2.07. The fourth-order valence-corrected chi connectivity index (χ4v) is 1.69. The second-order valence-electron chi connectivity index (χ2n) is 3.85. The summed E-state index contributed by atoms with van der Waals surface area (Å²) in [6, 6.07) is 10.5. The van der Waals surface area contributed by atoms with E-state index >= 15 is 0 Å². The SMILES string of the molecule is COC(=O)c1ccc(-c2ccc(OC)c(N)n2)cc1. The molecule has 0 saturated carbocycles. The fourth-order valence-electron chi connectivity index (χ4n) is 1.69. The van der Waals surface area contributed by atoms with Crippen LogP contribution in [0.1, 0.15) is 10.4 Å². The van der Waals surface area contributed by atoms with E-state index in [-0.39, 0.29) is 5.97 Å². The van der Waals surface area contributed by atoms with Gasteiger partial charge in [0.25, 0.3) is 0 Å². The van der Waals surface area contributed by atoms with Crippen molar-refractivity contribution >= 4 is 11.8 Å². The summed E-state index contributed by atoms with van der Waals surface area (Å²) in [6.45, 7) is 0. The topological polar surface area (TPSA) is 74.4 Å². The van der Waals surface area contributed by atoms with Crippen LogP contribution < -0.4 is 10.5 Å². The molecule has 1 aromatic carbocycles. The molecule has 1 aromatic heterocycles. The fraction of sp³-hybridized carbons (Fsp3) is 0.143. The molecular formula is C14H14N2O3. The molecule has 19 heavy (non-hydrogen) atoms. The quantitative estimate of drug-likeness (QED) is 0.853. The molecule has 1 heterocycles. The minimum atomic E-state index is -0.367. The van der Waals surface area contributed by atoms with Crippen molar-refractivity contribution in [1.82, 2.24) is 4.98 Å². The zero-order valence-electron chi connectivity index (χ0n) is 10.7. The zero-order valence-corrected chi connectivity index (χ0v) is 10.7. The van der Waals surface area contributed by atoms with E-state index < -0.39 is 0 Å². The van der Waals surface area contributed by atoms with Gasteiger partial charge in [-0.15, -0.1) is 0 Å². The van der Waals surface area contributed by atoms with E-state index in [1.807, 2.05) is 6.07 Å². The molecule has 0 aliphatic rings. The van der Waals surface area contributed by atoms with Crippen LogP contribution in [-0.2, 0) is 4.74 Å². The Morgan fingerprint density at radius 3 is 2.32 bits per heavy atom. The van der Waals surface area contributed by atoms with Gasteiger partial charge in [0, 0.05) is 5.56 Å². The first-order chi connectivity index (χ1) is 9.15. The number of carbonyl (C=O) groups excluding carboxylic acids is 1. The summed E-state index contributed by atoms with van der Waals surface area (Å²) in [7, 11) is 2.89. The first-order valence-corrected chi connectivity index (χ1v) is 5.65. The van der Waals surface area contributed by atoms with Crippen LogP contribution in [0.4, 0.5) is 5.82 Å². The van der Waals surface area contributed by atoms with Crippen molar-refractivity contribution < 1.29 is 14.3 Å². The van der Waals surface area contributed by atoms with E-state index in [4.69, 9.17) is 10.5 Å². The van der Waals surface area contributed by atoms with Gasteiger partial charge in [0.2, 0.25) is 0 Å². The van der Waals surface area contributed by atoms with Gasteiger partial charge in [0.15, 0.2) is 11.6 Å². The number of hydrogen-bond donors (Lipinski definition) is 1. The summed E-state index contributed by atoms with van der Waals surface area (Å²) in [6.07, 6.45) is 0. The maximum Gasteiger partial charge on any atom is 0.337 e. The molecule has 0 spiro atoms. The van der Waals surface area contributed by atoms with E-state index in [2.05, 4.69) is 9.72 Å². The summed E-state index contributed by atoms with van der Waals surface area (Å²) in [5, 5.41) is 0. The van der Waals surface area contributed by atoms with Gasteiger partial charge in [-0.1, -0.05) is 12.1 Å². The number of carbonyl (C=O) groups is 1. The highest BCUT2D eigenvalue weighted by Crippen LogP contribution is 2.24. The van der Waals surface area contributed by atoms with Crippen LogP contribution in [0.25, 0.3) is 11.3 Å². The van der Waals surface area contributed by atoms with Gasteiger partial charge in [-0.25, -0.2) is 9.78 Å². The van der Waals surface area contributed by atoms with E-state index in [9.17, 15) is 4.79 Å². The number of pyridine rings is 1. The van der Waals surface area contributed by atoms with Crippen LogP contribution in [0, 0.1) is 0 Å². The Morgan fingerprint density at radius 1 is 1.11 bits per heavy atom. The van der Waals surface area contributed by atoms with E-state index in [0.717, 1.165) is 11.3 Å². The van der Waals surface area contributed by atoms with Crippen molar-refractivity contribution in [3.8, 4) is 17.0 Å². The summed E-state index contributed by atoms with van der Waals surface area (Å²) in [5.74, 6) is 0.501. The van der Waals surface area contributed by atoms with Crippen molar-refractivity contribution in [2.45, 2.75) is 0 Å². The predicted molar refractivity (Wildman–Crippen MR) is 72.0 cm³/mol. The molecule has 5 heteroatoms. The summed E-state index contributed by atoms with van der Waals surface area (Å²) in [5.41, 5.74) is 7.83. The Kier molecular flexibility index (Phi) is 3.66. The molecule has 0 aliphatic carbocycles. The first kappa shape index (κ1) is 12.9. The molecule has 0 unspecified atom stereocenters. The third-order valence-corrected chi connectivity index (χ3v) is 2.71. The summed E-state index contributed by atoms with van der Waals surface area (Å²) < 4.78 is 9.69. The lowest BCUT2D eigenvalue weighted by molar-refractivity contribution is 0.0601. The number of nitrogens with zero attached hydrogens (tertiary/aromatic N) is 1. The molecule has 98 valence electrons. The normalized spacial score (nSPS) is 10.0. The van der Waals surface area contributed by atoms with Crippen molar-refractivity contribution in [2.24, 2.45) is 0 Å². The van der Waals surface area contributed by atoms with Crippen molar-refractivity contribution in [2.75, 3.05) is 20.0 Å². The summed E-state index contributed by atoms with van der Waals surface area (Å²) >= 11 is 0. The number of benzene rings is 1. The smallest absolute Gasteiger partial charge is 0.337 e. The van der Waals surface area contributed by atoms with Crippen LogP contribution in [0.3, 0.4) is 0 Å². The number of anilines is 1. The van der Waals surface area contributed by atoms with Crippen molar-refractivity contribution in [3.05, 3.63) is 42.0 Å². The molecule has 0 amide bonds. The second-order valence-corrected chi connectivity index (χ2v) is 3.85. The average molecular weight is 258 g/mol. The van der Waals surface area contributed by atoms with Crippen molar-refractivity contribution in [3.63, 3.8) is 0 Å². The zero-order chi connectivity index (χ0) is 13.8. The molecule has 0 atom stereocenters. The number of rotatable bonds is 3. The number of methoxy groups -OCH3 is 2. The van der Waals surface area contributed by atoms with Crippen molar-refractivity contribution in [1.29, 1.82) is 0 Å². The Hall–Kier alpha value is -2.56. The lowest BCUT2D eigenvalue weighted by atomic mass is 10.1. The van der Waals surface area contributed by atoms with Gasteiger partial charge in [-0.05, 0) is 24.3 Å². The van der Waals surface area contributed by atoms with Gasteiger partial charge in [0.1, 0.15) is 0 Å². The Labute approximate surface area is 111 Å². The molecule has 0 saturated heterocycles. The molecule has 0 radical (unpaired) electrons. The highest BCUT2D eigenvalue weighted by Gasteiger charge is 2.07. The maximum absolute atomic E-state index is 11.3. The number of esters is 1. The van der Waals surface area contributed by atoms with Gasteiger partial charge in [-0.3, -0.25) is 0 Å². The number of aromatic nitrogens is 1. The van der Waals surface area contributed by atoms with E-state index in [0.29, 0.717) is 17.1 Å². The van der Waals surface area contributed by atoms with Gasteiger partial charge in [-0.2, -0.15) is 0 Å². The molecule has 0 fully saturated rings. The molecule has 0 bridgehead atoms. The number of nitrogen functional groups attached to an aromatic ring is 1. The van der Waals surface area contributed by atoms with Gasteiger partial charge < -0.3 is 15.2 Å². The third-order valence-electron chi connectivity index (χ3n) is 2.71. The van der Waals surface area contributed by atoms with Crippen LogP contribution in [0.2, 0.25) is 0 Å². The Bertz CT molecular complexity index is 594. The highest BCUT2D eigenvalue weighted by atomic mass is 16.5. The Morgan fingerprint density at radius 2 is 1.79 bits per heavy atom. The van der Waals surface area contributed by atoms with Gasteiger partial charge >= 0.3 is 5.97 Å². The second kappa shape index (κ2) is 5.39. The minimum absolute atomic E-state index is 0.331. The van der Waals surface area contributed by atoms with Crippen LogP contribution in [-0.4, -0.2) is 25.2 Å². The number of hydrogen-bond acceptors (Lipinski definition) is 5. The van der Waals surface area contributed by atoms with E-state index in [1.165, 1.54) is 14.2 Å². The largest absolute Gasteiger partial charge is 0.493 e. The number of nitrogens with two attached hydrogens (primary N) is 1. The predicted octanol–water partition coefficient (Wildman–Crippen LogP) is 2.13. The van der Waals surface area contributed by atoms with Gasteiger partial charge in [0.05, 0.1) is 25.5 Å². The van der Waals surface area contributed by atoms with Crippen LogP contribution >= 0.6 is 0 Å². The molecule has 5 nitrogen and oxygen atoms in total. The monoisotopic (exact) mass is 258 g/mol. The lowest BCUT2D eigenvalue weighted by Crippen LogP contribution is -2.01. The highest BCUT2D eigenvalue weighted by molar-refractivity contribution is 5.89. The molecular weight excluding hydrogens is 244 g/mol. The first-order valence-electron chi connectivity index (χ1n) is 5.65. The van der Waals surface area contributed by atoms with Crippen LogP contribution in [0.15, 0.2) is 36.4 Å². The third kappa shape index (κ3) is 2.65. The Balaban J connectivity index is 2.32.